The molecule has 1 aromatic carbocycles. The van der Waals surface area contributed by atoms with Crippen LogP contribution in [0.3, 0.4) is 0 Å². The molecular formula is C23H32ClN3O4. The number of unbranched alkanes of at least 4 members (excludes halogenated alkanes) is 2. The van der Waals surface area contributed by atoms with Crippen molar-refractivity contribution >= 4 is 30.2 Å². The van der Waals surface area contributed by atoms with Gasteiger partial charge in [0.25, 0.3) is 0 Å². The summed E-state index contributed by atoms with van der Waals surface area (Å²) in [5.74, 6) is -0.404. The smallest absolute Gasteiger partial charge is 0.333 e. The van der Waals surface area contributed by atoms with E-state index in [1.165, 1.54) is 4.90 Å². The third kappa shape index (κ3) is 8.19. The average molecular weight is 450 g/mol. The number of aromatic nitrogens is 1. The van der Waals surface area contributed by atoms with Crippen LogP contribution in [0.2, 0.25) is 0 Å². The van der Waals surface area contributed by atoms with Crippen molar-refractivity contribution in [1.29, 1.82) is 0 Å². The molecule has 0 aliphatic heterocycles. The lowest BCUT2D eigenvalue weighted by molar-refractivity contribution is -0.149. The molecule has 1 atom stereocenters. The van der Waals surface area contributed by atoms with Crippen molar-refractivity contribution < 1.29 is 19.4 Å². The van der Waals surface area contributed by atoms with E-state index in [0.717, 1.165) is 36.1 Å². The number of urea groups is 1. The van der Waals surface area contributed by atoms with Crippen LogP contribution in [0, 0.1) is 0 Å². The lowest BCUT2D eigenvalue weighted by Gasteiger charge is -2.18. The number of halogens is 1. The summed E-state index contributed by atoms with van der Waals surface area (Å²) in [5, 5.41) is 12.1. The molecule has 7 nitrogen and oxygen atoms in total. The Bertz CT molecular complexity index is 830. The number of aliphatic carboxylic acids is 1. The third-order valence-electron chi connectivity index (χ3n) is 4.75. The summed E-state index contributed by atoms with van der Waals surface area (Å²) in [5.41, 5.74) is 2.50. The second-order valence-corrected chi connectivity index (χ2v) is 7.06. The maximum Gasteiger partial charge on any atom is 0.333 e. The van der Waals surface area contributed by atoms with Gasteiger partial charge in [-0.3, -0.25) is 4.90 Å². The minimum absolute atomic E-state index is 0. The summed E-state index contributed by atoms with van der Waals surface area (Å²) in [7, 11) is 1.70. The summed E-state index contributed by atoms with van der Waals surface area (Å²) < 4.78 is 5.27. The van der Waals surface area contributed by atoms with Crippen molar-refractivity contribution in [2.45, 2.75) is 45.6 Å². The zero-order chi connectivity index (χ0) is 21.9. The van der Waals surface area contributed by atoms with Gasteiger partial charge in [0.05, 0.1) is 5.69 Å². The topological polar surface area (TPSA) is 91.8 Å². The van der Waals surface area contributed by atoms with E-state index in [9.17, 15) is 14.7 Å². The van der Waals surface area contributed by atoms with Crippen molar-refractivity contribution in [3.8, 4) is 11.3 Å². The molecule has 1 unspecified atom stereocenters. The quantitative estimate of drug-likeness (QED) is 0.491. The highest BCUT2D eigenvalue weighted by molar-refractivity contribution is 5.90. The van der Waals surface area contributed by atoms with E-state index in [2.05, 4.69) is 17.2 Å². The fourth-order valence-corrected chi connectivity index (χ4v) is 3.01. The summed E-state index contributed by atoms with van der Waals surface area (Å²) in [4.78, 5) is 29.7. The number of anilines is 1. The van der Waals surface area contributed by atoms with E-state index >= 15 is 0 Å². The van der Waals surface area contributed by atoms with E-state index in [1.807, 2.05) is 36.4 Å². The van der Waals surface area contributed by atoms with Gasteiger partial charge >= 0.3 is 12.0 Å². The van der Waals surface area contributed by atoms with Crippen LogP contribution in [0.15, 0.2) is 42.5 Å². The minimum Gasteiger partial charge on any atom is -0.479 e. The van der Waals surface area contributed by atoms with Gasteiger partial charge in [-0.05, 0) is 31.0 Å². The number of nitrogens with one attached hydrogen (secondary N) is 1. The zero-order valence-corrected chi connectivity index (χ0v) is 19.2. The molecule has 0 bridgehead atoms. The summed E-state index contributed by atoms with van der Waals surface area (Å²) >= 11 is 0. The number of carbonyl (C=O) groups is 2. The molecule has 8 heteroatoms. The van der Waals surface area contributed by atoms with E-state index in [0.29, 0.717) is 25.4 Å². The first kappa shape index (κ1) is 26.4. The number of carboxylic acids is 1. The first-order chi connectivity index (χ1) is 14.5. The largest absolute Gasteiger partial charge is 0.479 e. The number of pyridine rings is 1. The first-order valence-corrected chi connectivity index (χ1v) is 10.4. The van der Waals surface area contributed by atoms with Crippen LogP contribution in [0.5, 0.6) is 0 Å². The Kier molecular flexibility index (Phi) is 11.6. The molecule has 0 saturated carbocycles. The molecule has 2 rings (SSSR count). The second-order valence-electron chi connectivity index (χ2n) is 7.06. The van der Waals surface area contributed by atoms with Gasteiger partial charge in [0.1, 0.15) is 5.82 Å². The number of carbonyl (C=O) groups excluding carboxylic acids is 1. The van der Waals surface area contributed by atoms with E-state index in [4.69, 9.17) is 4.74 Å². The predicted molar refractivity (Wildman–Crippen MR) is 125 cm³/mol. The zero-order valence-electron chi connectivity index (χ0n) is 18.3. The van der Waals surface area contributed by atoms with Gasteiger partial charge in [0.2, 0.25) is 0 Å². The molecule has 2 aromatic rings. The Morgan fingerprint density at radius 1 is 1.13 bits per heavy atom. The first-order valence-electron chi connectivity index (χ1n) is 10.4. The van der Waals surface area contributed by atoms with Gasteiger partial charge in [-0.1, -0.05) is 50.1 Å². The molecule has 0 aliphatic rings. The predicted octanol–water partition coefficient (Wildman–Crippen LogP) is 4.54. The normalized spacial score (nSPS) is 11.3. The Labute approximate surface area is 190 Å². The van der Waals surface area contributed by atoms with Crippen LogP contribution >= 0.6 is 12.4 Å². The highest BCUT2D eigenvalue weighted by Crippen LogP contribution is 2.21. The van der Waals surface area contributed by atoms with Crippen LogP contribution in [0.4, 0.5) is 10.6 Å². The molecule has 2 N–H and O–H groups in total. The number of amides is 2. The molecule has 1 heterocycles. The van der Waals surface area contributed by atoms with Crippen molar-refractivity contribution in [3.63, 3.8) is 0 Å². The van der Waals surface area contributed by atoms with Crippen molar-refractivity contribution in [2.75, 3.05) is 25.1 Å². The average Bonchev–Trinajstić information content (AvgIpc) is 2.76. The van der Waals surface area contributed by atoms with Crippen LogP contribution in [-0.4, -0.2) is 48.4 Å². The molecular weight excluding hydrogens is 418 g/mol. The maximum absolute atomic E-state index is 12.3. The van der Waals surface area contributed by atoms with Crippen LogP contribution < -0.4 is 10.2 Å². The summed E-state index contributed by atoms with van der Waals surface area (Å²) in [6.45, 7) is 4.91. The van der Waals surface area contributed by atoms with Crippen LogP contribution in [0.25, 0.3) is 11.3 Å². The van der Waals surface area contributed by atoms with Gasteiger partial charge in [-0.25, -0.2) is 14.6 Å². The molecule has 0 saturated heterocycles. The van der Waals surface area contributed by atoms with Crippen molar-refractivity contribution in [3.05, 3.63) is 48.0 Å². The standard InChI is InChI=1S/C23H31N3O4.ClH/c1-4-6-7-15-24-23(29)26(3)21-10-8-9-19(25-21)18-13-11-17(12-14-18)16-20(22(27)28)30-5-2;/h8-14,20H,4-7,15-16H2,1-3H3,(H,24,29)(H,27,28);1H. The summed E-state index contributed by atoms with van der Waals surface area (Å²) in [6, 6.07) is 12.9. The third-order valence-corrected chi connectivity index (χ3v) is 4.75. The molecule has 0 fully saturated rings. The molecule has 31 heavy (non-hydrogen) atoms. The monoisotopic (exact) mass is 449 g/mol. The van der Waals surface area contributed by atoms with E-state index in [-0.39, 0.29) is 18.4 Å². The minimum atomic E-state index is -0.966. The van der Waals surface area contributed by atoms with Gasteiger partial charge < -0.3 is 15.2 Å². The Hall–Kier alpha value is -2.64. The number of hydrogen-bond donors (Lipinski definition) is 2. The van der Waals surface area contributed by atoms with E-state index < -0.39 is 12.1 Å². The van der Waals surface area contributed by atoms with Gasteiger partial charge in [-0.2, -0.15) is 0 Å². The van der Waals surface area contributed by atoms with Gasteiger partial charge in [0.15, 0.2) is 6.10 Å². The lowest BCUT2D eigenvalue weighted by atomic mass is 10.0. The van der Waals surface area contributed by atoms with Crippen LogP contribution in [-0.2, 0) is 16.0 Å². The van der Waals surface area contributed by atoms with Gasteiger partial charge in [-0.15, -0.1) is 12.4 Å². The van der Waals surface area contributed by atoms with E-state index in [1.54, 1.807) is 20.0 Å². The summed E-state index contributed by atoms with van der Waals surface area (Å²) in [6.07, 6.45) is 2.61. The lowest BCUT2D eigenvalue weighted by Crippen LogP contribution is -2.38. The number of rotatable bonds is 11. The Balaban J connectivity index is 0.00000480. The highest BCUT2D eigenvalue weighted by Gasteiger charge is 2.18. The number of carboxylic acid groups (broad SMARTS) is 1. The number of ether oxygens (including phenoxy) is 1. The second kappa shape index (κ2) is 13.6. The molecule has 0 aliphatic carbocycles. The number of nitrogens with zero attached hydrogens (tertiary/aromatic N) is 2. The molecule has 0 spiro atoms. The number of hydrogen-bond acceptors (Lipinski definition) is 4. The molecule has 170 valence electrons. The SMILES string of the molecule is CCCCCNC(=O)N(C)c1cccc(-c2ccc(CC(OCC)C(=O)O)cc2)n1.Cl. The van der Waals surface area contributed by atoms with Crippen molar-refractivity contribution in [2.24, 2.45) is 0 Å². The number of benzene rings is 1. The van der Waals surface area contributed by atoms with Crippen LogP contribution in [0.1, 0.15) is 38.7 Å². The maximum atomic E-state index is 12.3. The highest BCUT2D eigenvalue weighted by atomic mass is 35.5. The van der Waals surface area contributed by atoms with Crippen molar-refractivity contribution in [1.82, 2.24) is 10.3 Å². The van der Waals surface area contributed by atoms with Gasteiger partial charge in [0, 0.05) is 32.2 Å². The Morgan fingerprint density at radius 3 is 2.45 bits per heavy atom. The fraction of sp³-hybridized carbons (Fsp3) is 0.435. The molecule has 1 aromatic heterocycles. The Morgan fingerprint density at radius 2 is 1.84 bits per heavy atom. The fourth-order valence-electron chi connectivity index (χ4n) is 3.01. The molecule has 2 amide bonds. The molecule has 0 radical (unpaired) electrons.